The molecule has 1 aliphatic carbocycles. The monoisotopic (exact) mass is 205 g/mol. The zero-order valence-corrected chi connectivity index (χ0v) is 8.83. The number of hydrogen-bond acceptors (Lipinski definition) is 1. The molecular formula is C12H12ClN. The normalized spacial score (nSPS) is 25.3. The van der Waals surface area contributed by atoms with Crippen LogP contribution in [0.3, 0.4) is 0 Å². The zero-order valence-electron chi connectivity index (χ0n) is 8.07. The van der Waals surface area contributed by atoms with Crippen molar-refractivity contribution in [3.05, 3.63) is 53.4 Å². The molecule has 0 aliphatic heterocycles. The van der Waals surface area contributed by atoms with Crippen LogP contribution in [0.15, 0.2) is 42.6 Å². The predicted molar refractivity (Wildman–Crippen MR) is 59.5 cm³/mol. The Morgan fingerprint density at radius 1 is 1.36 bits per heavy atom. The van der Waals surface area contributed by atoms with Gasteiger partial charge in [0.1, 0.15) is 0 Å². The van der Waals surface area contributed by atoms with Crippen LogP contribution in [0.1, 0.15) is 19.0 Å². The van der Waals surface area contributed by atoms with E-state index in [9.17, 15) is 0 Å². The summed E-state index contributed by atoms with van der Waals surface area (Å²) in [7, 11) is 0. The van der Waals surface area contributed by atoms with Gasteiger partial charge in [0.15, 0.2) is 0 Å². The lowest BCUT2D eigenvalue weighted by atomic mass is 9.80. The van der Waals surface area contributed by atoms with E-state index >= 15 is 0 Å². The Kier molecular flexibility index (Phi) is 2.42. The van der Waals surface area contributed by atoms with E-state index in [0.717, 1.165) is 12.1 Å². The highest BCUT2D eigenvalue weighted by Gasteiger charge is 2.24. The molecule has 72 valence electrons. The molecule has 0 bridgehead atoms. The molecule has 1 aromatic heterocycles. The number of aromatic nitrogens is 1. The number of hydrogen-bond donors (Lipinski definition) is 0. The Labute approximate surface area is 89.1 Å². The molecular weight excluding hydrogens is 194 g/mol. The van der Waals surface area contributed by atoms with Crippen molar-refractivity contribution in [2.45, 2.75) is 18.8 Å². The number of allylic oxidation sites excluding steroid dienone is 4. The van der Waals surface area contributed by atoms with Crippen LogP contribution in [-0.2, 0) is 5.41 Å². The van der Waals surface area contributed by atoms with Crippen molar-refractivity contribution in [3.8, 4) is 0 Å². The van der Waals surface area contributed by atoms with Crippen LogP contribution in [-0.4, -0.2) is 4.98 Å². The molecule has 14 heavy (non-hydrogen) atoms. The van der Waals surface area contributed by atoms with Crippen LogP contribution < -0.4 is 0 Å². The van der Waals surface area contributed by atoms with E-state index in [1.54, 1.807) is 6.20 Å². The maximum atomic E-state index is 5.80. The van der Waals surface area contributed by atoms with Gasteiger partial charge in [-0.1, -0.05) is 42.8 Å². The van der Waals surface area contributed by atoms with Crippen LogP contribution in [0.5, 0.6) is 0 Å². The summed E-state index contributed by atoms with van der Waals surface area (Å²) in [5.41, 5.74) is 1.10. The number of halogens is 1. The maximum absolute atomic E-state index is 5.80. The first-order chi connectivity index (χ1) is 6.71. The van der Waals surface area contributed by atoms with Crippen molar-refractivity contribution in [2.75, 3.05) is 0 Å². The third kappa shape index (κ3) is 1.73. The Bertz CT molecular complexity index is 378. The van der Waals surface area contributed by atoms with Crippen LogP contribution in [0.25, 0.3) is 0 Å². The molecule has 1 aromatic rings. The topological polar surface area (TPSA) is 12.9 Å². The van der Waals surface area contributed by atoms with Gasteiger partial charge in [-0.25, -0.2) is 0 Å². The number of nitrogens with zero attached hydrogens (tertiary/aromatic N) is 1. The Hall–Kier alpha value is -1.08. The molecule has 2 rings (SSSR count). The van der Waals surface area contributed by atoms with Gasteiger partial charge in [-0.05, 0) is 18.6 Å². The first kappa shape index (κ1) is 9.47. The molecule has 0 amide bonds. The molecule has 1 unspecified atom stereocenters. The summed E-state index contributed by atoms with van der Waals surface area (Å²) in [6, 6.07) is 3.88. The third-order valence-electron chi connectivity index (χ3n) is 2.57. The van der Waals surface area contributed by atoms with Gasteiger partial charge >= 0.3 is 0 Å². The largest absolute Gasteiger partial charge is 0.259 e. The summed E-state index contributed by atoms with van der Waals surface area (Å²) >= 11 is 5.80. The van der Waals surface area contributed by atoms with Gasteiger partial charge in [-0.3, -0.25) is 4.98 Å². The summed E-state index contributed by atoms with van der Waals surface area (Å²) in [6.45, 7) is 2.18. The van der Waals surface area contributed by atoms with E-state index in [1.807, 2.05) is 12.1 Å². The molecule has 0 radical (unpaired) electrons. The maximum Gasteiger partial charge on any atom is 0.0589 e. The van der Waals surface area contributed by atoms with Crippen LogP contribution in [0.2, 0.25) is 5.02 Å². The third-order valence-corrected chi connectivity index (χ3v) is 2.79. The summed E-state index contributed by atoms with van der Waals surface area (Å²) in [5.74, 6) is 0. The predicted octanol–water partition coefficient (Wildman–Crippen LogP) is 3.51. The SMILES string of the molecule is CC1(c2ccc(Cl)cn2)C=CC=CC1. The van der Waals surface area contributed by atoms with E-state index in [-0.39, 0.29) is 5.41 Å². The summed E-state index contributed by atoms with van der Waals surface area (Å²) in [6.07, 6.45) is 11.2. The van der Waals surface area contributed by atoms with Gasteiger partial charge in [-0.15, -0.1) is 0 Å². The minimum Gasteiger partial charge on any atom is -0.259 e. The lowest BCUT2D eigenvalue weighted by Gasteiger charge is -2.25. The molecule has 1 heterocycles. The fourth-order valence-corrected chi connectivity index (χ4v) is 1.74. The summed E-state index contributed by atoms with van der Waals surface area (Å²) in [5, 5.41) is 0.688. The second-order valence-electron chi connectivity index (χ2n) is 3.77. The fourth-order valence-electron chi connectivity index (χ4n) is 1.63. The van der Waals surface area contributed by atoms with Crippen molar-refractivity contribution in [2.24, 2.45) is 0 Å². The van der Waals surface area contributed by atoms with Crippen molar-refractivity contribution in [3.63, 3.8) is 0 Å². The second kappa shape index (κ2) is 3.58. The average molecular weight is 206 g/mol. The van der Waals surface area contributed by atoms with E-state index in [2.05, 4.69) is 36.2 Å². The van der Waals surface area contributed by atoms with Gasteiger partial charge in [0.25, 0.3) is 0 Å². The highest BCUT2D eigenvalue weighted by molar-refractivity contribution is 6.30. The molecule has 0 saturated heterocycles. The van der Waals surface area contributed by atoms with Gasteiger partial charge in [-0.2, -0.15) is 0 Å². The molecule has 0 spiro atoms. The Morgan fingerprint density at radius 2 is 2.21 bits per heavy atom. The Morgan fingerprint density at radius 3 is 2.79 bits per heavy atom. The highest BCUT2D eigenvalue weighted by Crippen LogP contribution is 2.30. The first-order valence-corrected chi connectivity index (χ1v) is 5.05. The molecule has 0 saturated carbocycles. The quantitative estimate of drug-likeness (QED) is 0.684. The molecule has 1 aliphatic rings. The van der Waals surface area contributed by atoms with Gasteiger partial charge in [0.05, 0.1) is 10.7 Å². The van der Waals surface area contributed by atoms with Crippen molar-refractivity contribution >= 4 is 11.6 Å². The van der Waals surface area contributed by atoms with Gasteiger partial charge in [0, 0.05) is 11.6 Å². The minimum atomic E-state index is 0.0271. The zero-order chi connectivity index (χ0) is 10.0. The van der Waals surface area contributed by atoms with Gasteiger partial charge in [0.2, 0.25) is 0 Å². The average Bonchev–Trinajstić information content (AvgIpc) is 2.19. The smallest absolute Gasteiger partial charge is 0.0589 e. The molecule has 0 fully saturated rings. The fraction of sp³-hybridized carbons (Fsp3) is 0.250. The lowest BCUT2D eigenvalue weighted by Crippen LogP contribution is -2.20. The van der Waals surface area contributed by atoms with Crippen LogP contribution in [0, 0.1) is 0 Å². The summed E-state index contributed by atoms with van der Waals surface area (Å²) < 4.78 is 0. The van der Waals surface area contributed by atoms with Gasteiger partial charge < -0.3 is 0 Å². The molecule has 0 aromatic carbocycles. The molecule has 0 N–H and O–H groups in total. The van der Waals surface area contributed by atoms with Crippen molar-refractivity contribution in [1.82, 2.24) is 4.98 Å². The second-order valence-corrected chi connectivity index (χ2v) is 4.21. The van der Waals surface area contributed by atoms with E-state index in [4.69, 9.17) is 11.6 Å². The van der Waals surface area contributed by atoms with E-state index < -0.39 is 0 Å². The van der Waals surface area contributed by atoms with E-state index in [0.29, 0.717) is 5.02 Å². The number of rotatable bonds is 1. The Balaban J connectivity index is 2.34. The number of pyridine rings is 1. The van der Waals surface area contributed by atoms with Crippen LogP contribution >= 0.6 is 11.6 Å². The van der Waals surface area contributed by atoms with Crippen LogP contribution in [0.4, 0.5) is 0 Å². The molecule has 1 nitrogen and oxygen atoms in total. The lowest BCUT2D eigenvalue weighted by molar-refractivity contribution is 0.579. The first-order valence-electron chi connectivity index (χ1n) is 4.67. The van der Waals surface area contributed by atoms with Crippen molar-refractivity contribution in [1.29, 1.82) is 0 Å². The van der Waals surface area contributed by atoms with Crippen molar-refractivity contribution < 1.29 is 0 Å². The molecule has 2 heteroatoms. The van der Waals surface area contributed by atoms with E-state index in [1.165, 1.54) is 0 Å². The molecule has 1 atom stereocenters. The highest BCUT2D eigenvalue weighted by atomic mass is 35.5. The summed E-state index contributed by atoms with van der Waals surface area (Å²) in [4.78, 5) is 4.36. The minimum absolute atomic E-state index is 0.0271. The standard InChI is InChI=1S/C12H12ClN/c1-12(7-3-2-4-8-12)11-6-5-10(13)9-14-11/h2-7,9H,8H2,1H3.